The van der Waals surface area contributed by atoms with E-state index in [0.717, 1.165) is 10.9 Å². The second kappa shape index (κ2) is 2.58. The van der Waals surface area contributed by atoms with Crippen molar-refractivity contribution in [2.75, 3.05) is 5.73 Å². The van der Waals surface area contributed by atoms with Crippen LogP contribution in [0.2, 0.25) is 0 Å². The molecule has 1 aromatic carbocycles. The lowest BCUT2D eigenvalue weighted by atomic mass is 10.2. The molecule has 0 amide bonds. The van der Waals surface area contributed by atoms with Crippen molar-refractivity contribution in [2.45, 2.75) is 6.92 Å². The number of nitrogen functional groups attached to an aromatic ring is 1. The summed E-state index contributed by atoms with van der Waals surface area (Å²) in [6, 6.07) is 5.37. The lowest BCUT2D eigenvalue weighted by molar-refractivity contribution is 0.0927. The van der Waals surface area contributed by atoms with Gasteiger partial charge in [-0.1, -0.05) is 0 Å². The first-order valence-corrected chi connectivity index (χ1v) is 3.92. The maximum absolute atomic E-state index is 11.1. The maximum atomic E-state index is 11.1. The number of nitrogens with two attached hydrogens (primary N) is 1. The van der Waals surface area contributed by atoms with Crippen LogP contribution >= 0.6 is 0 Å². The summed E-state index contributed by atoms with van der Waals surface area (Å²) >= 11 is 0. The number of hydrogen-bond acceptors (Lipinski definition) is 3. The molecule has 0 unspecified atom stereocenters. The van der Waals surface area contributed by atoms with E-state index in [9.17, 15) is 4.79 Å². The zero-order chi connectivity index (χ0) is 9.42. The highest BCUT2D eigenvalue weighted by Gasteiger charge is 2.05. The zero-order valence-corrected chi connectivity index (χ0v) is 7.19. The van der Waals surface area contributed by atoms with Crippen LogP contribution in [0.15, 0.2) is 24.4 Å². The monoisotopic (exact) mass is 175 g/mol. The van der Waals surface area contributed by atoms with E-state index >= 15 is 0 Å². The third-order valence-electron chi connectivity index (χ3n) is 1.89. The van der Waals surface area contributed by atoms with E-state index in [1.54, 1.807) is 18.3 Å². The molecule has 66 valence electrons. The van der Waals surface area contributed by atoms with Crippen molar-refractivity contribution in [1.29, 1.82) is 0 Å². The first-order valence-electron chi connectivity index (χ1n) is 3.92. The molecule has 0 aliphatic carbocycles. The van der Waals surface area contributed by atoms with Crippen LogP contribution in [0.5, 0.6) is 0 Å². The highest BCUT2D eigenvalue weighted by molar-refractivity contribution is 5.91. The van der Waals surface area contributed by atoms with E-state index in [1.807, 2.05) is 6.07 Å². The van der Waals surface area contributed by atoms with Crippen LogP contribution in [0.1, 0.15) is 11.7 Å². The molecule has 0 saturated heterocycles. The van der Waals surface area contributed by atoms with Crippen molar-refractivity contribution < 1.29 is 4.79 Å². The molecule has 2 rings (SSSR count). The smallest absolute Gasteiger partial charge is 0.244 e. The fourth-order valence-electron chi connectivity index (χ4n) is 1.29. The van der Waals surface area contributed by atoms with Crippen LogP contribution in [0.4, 0.5) is 5.69 Å². The maximum Gasteiger partial charge on any atom is 0.244 e. The van der Waals surface area contributed by atoms with Gasteiger partial charge in [0.1, 0.15) is 0 Å². The summed E-state index contributed by atoms with van der Waals surface area (Å²) in [6.07, 6.45) is 1.65. The molecule has 0 radical (unpaired) electrons. The number of carbonyl (C=O) groups is 1. The van der Waals surface area contributed by atoms with Crippen molar-refractivity contribution >= 4 is 22.5 Å². The number of nitrogens with zero attached hydrogens (tertiary/aromatic N) is 2. The third kappa shape index (κ3) is 1.16. The van der Waals surface area contributed by atoms with Gasteiger partial charge >= 0.3 is 0 Å². The Balaban J connectivity index is 2.79. The average molecular weight is 175 g/mol. The highest BCUT2D eigenvalue weighted by atomic mass is 16.2. The second-order valence-corrected chi connectivity index (χ2v) is 2.89. The minimum absolute atomic E-state index is 0.111. The molecule has 0 spiro atoms. The largest absolute Gasteiger partial charge is 0.399 e. The minimum Gasteiger partial charge on any atom is -0.399 e. The Morgan fingerprint density at radius 3 is 3.00 bits per heavy atom. The fraction of sp³-hybridized carbons (Fsp3) is 0.111. The van der Waals surface area contributed by atoms with Crippen LogP contribution in [0.25, 0.3) is 10.9 Å². The zero-order valence-electron chi connectivity index (χ0n) is 7.19. The number of aromatic nitrogens is 2. The van der Waals surface area contributed by atoms with E-state index in [-0.39, 0.29) is 5.91 Å². The van der Waals surface area contributed by atoms with Gasteiger partial charge < -0.3 is 5.73 Å². The number of anilines is 1. The Morgan fingerprint density at radius 1 is 1.54 bits per heavy atom. The van der Waals surface area contributed by atoms with E-state index < -0.39 is 0 Å². The Morgan fingerprint density at radius 2 is 2.31 bits per heavy atom. The van der Waals surface area contributed by atoms with Crippen molar-refractivity contribution in [3.63, 3.8) is 0 Å². The first kappa shape index (κ1) is 7.79. The number of rotatable bonds is 0. The Labute approximate surface area is 75.0 Å². The highest BCUT2D eigenvalue weighted by Crippen LogP contribution is 2.16. The lowest BCUT2D eigenvalue weighted by Gasteiger charge is -1.97. The molecule has 0 fully saturated rings. The molecule has 2 N–H and O–H groups in total. The SMILES string of the molecule is CC(=O)n1ncc2ccc(N)cc21. The second-order valence-electron chi connectivity index (χ2n) is 2.89. The van der Waals surface area contributed by atoms with Crippen molar-refractivity contribution in [3.8, 4) is 0 Å². The lowest BCUT2D eigenvalue weighted by Crippen LogP contribution is -2.06. The number of hydrogen-bond donors (Lipinski definition) is 1. The predicted octanol–water partition coefficient (Wildman–Crippen LogP) is 1.28. The molecule has 0 saturated carbocycles. The normalized spacial score (nSPS) is 10.5. The first-order chi connectivity index (χ1) is 6.18. The quantitative estimate of drug-likeness (QED) is 0.613. The molecule has 0 aliphatic heterocycles. The van der Waals surface area contributed by atoms with Gasteiger partial charge in [-0.15, -0.1) is 0 Å². The van der Waals surface area contributed by atoms with Crippen LogP contribution < -0.4 is 5.73 Å². The molecular formula is C9H9N3O. The number of fused-ring (bicyclic) bond motifs is 1. The predicted molar refractivity (Wildman–Crippen MR) is 50.4 cm³/mol. The van der Waals surface area contributed by atoms with E-state index in [2.05, 4.69) is 5.10 Å². The molecule has 0 bridgehead atoms. The van der Waals surface area contributed by atoms with Crippen LogP contribution in [0, 0.1) is 0 Å². The Kier molecular flexibility index (Phi) is 1.55. The molecular weight excluding hydrogens is 166 g/mol. The van der Waals surface area contributed by atoms with Gasteiger partial charge in [0.05, 0.1) is 11.7 Å². The van der Waals surface area contributed by atoms with Crippen molar-refractivity contribution in [3.05, 3.63) is 24.4 Å². The van der Waals surface area contributed by atoms with Crippen LogP contribution in [-0.2, 0) is 0 Å². The van der Waals surface area contributed by atoms with E-state index in [4.69, 9.17) is 5.73 Å². The minimum atomic E-state index is -0.111. The summed E-state index contributed by atoms with van der Waals surface area (Å²) < 4.78 is 1.34. The van der Waals surface area contributed by atoms with Crippen molar-refractivity contribution in [2.24, 2.45) is 0 Å². The third-order valence-corrected chi connectivity index (χ3v) is 1.89. The van der Waals surface area contributed by atoms with Gasteiger partial charge in [-0.25, -0.2) is 4.68 Å². The summed E-state index contributed by atoms with van der Waals surface area (Å²) in [4.78, 5) is 11.1. The molecule has 4 heteroatoms. The molecule has 2 aromatic rings. The summed E-state index contributed by atoms with van der Waals surface area (Å²) in [5, 5.41) is 4.87. The van der Waals surface area contributed by atoms with Gasteiger partial charge in [0.2, 0.25) is 5.91 Å². The average Bonchev–Trinajstić information content (AvgIpc) is 2.46. The van der Waals surface area contributed by atoms with E-state index in [0.29, 0.717) is 5.69 Å². The standard InChI is InChI=1S/C9H9N3O/c1-6(13)12-9-4-8(10)3-2-7(9)5-11-12/h2-5H,10H2,1H3. The van der Waals surface area contributed by atoms with Gasteiger partial charge in [-0.3, -0.25) is 4.79 Å². The summed E-state index contributed by atoms with van der Waals surface area (Å²) in [6.45, 7) is 1.47. The Bertz CT molecular complexity index is 473. The summed E-state index contributed by atoms with van der Waals surface area (Å²) in [7, 11) is 0. The van der Waals surface area contributed by atoms with Crippen LogP contribution in [-0.4, -0.2) is 15.7 Å². The number of carbonyl (C=O) groups excluding carboxylic acids is 1. The van der Waals surface area contributed by atoms with Crippen molar-refractivity contribution in [1.82, 2.24) is 9.78 Å². The molecule has 1 heterocycles. The fourth-order valence-corrected chi connectivity index (χ4v) is 1.29. The molecule has 1 aromatic heterocycles. The topological polar surface area (TPSA) is 60.9 Å². The summed E-state index contributed by atoms with van der Waals surface area (Å²) in [5.41, 5.74) is 6.99. The van der Waals surface area contributed by atoms with Gasteiger partial charge in [0.15, 0.2) is 0 Å². The summed E-state index contributed by atoms with van der Waals surface area (Å²) in [5.74, 6) is -0.111. The molecule has 4 nitrogen and oxygen atoms in total. The van der Waals surface area contributed by atoms with Gasteiger partial charge in [-0.2, -0.15) is 5.10 Å². The molecule has 0 atom stereocenters. The van der Waals surface area contributed by atoms with Gasteiger partial charge in [0, 0.05) is 18.0 Å². The van der Waals surface area contributed by atoms with Gasteiger partial charge in [0.25, 0.3) is 0 Å². The van der Waals surface area contributed by atoms with E-state index in [1.165, 1.54) is 11.6 Å². The molecule has 13 heavy (non-hydrogen) atoms. The Hall–Kier alpha value is -1.84. The molecule has 0 aliphatic rings. The number of benzene rings is 1. The van der Waals surface area contributed by atoms with Gasteiger partial charge in [-0.05, 0) is 18.2 Å². The van der Waals surface area contributed by atoms with Crippen LogP contribution in [0.3, 0.4) is 0 Å².